The molecule has 2 N–H and O–H groups in total. The monoisotopic (exact) mass is 1090 g/mol. The van der Waals surface area contributed by atoms with Crippen LogP contribution in [-0.4, -0.2) is 22.3 Å². The van der Waals surface area contributed by atoms with Crippen LogP contribution in [-0.2, 0) is 36.7 Å². The summed E-state index contributed by atoms with van der Waals surface area (Å²) in [4.78, 5) is 5.66. The van der Waals surface area contributed by atoms with Gasteiger partial charge in [0.2, 0.25) is 0 Å². The van der Waals surface area contributed by atoms with Crippen molar-refractivity contribution in [3.63, 3.8) is 0 Å². The second kappa shape index (κ2) is 15.9. The second-order valence-corrected chi connectivity index (χ2v) is 27.7. The van der Waals surface area contributed by atoms with Crippen LogP contribution in [0.15, 0.2) is 72.8 Å². The number of aromatic hydroxyl groups is 2. The number of aromatic nitrogens is 1. The number of nitrogens with zero attached hydrogens (tertiary/aromatic N) is 1. The van der Waals surface area contributed by atoms with Crippen molar-refractivity contribution in [2.24, 2.45) is 32.5 Å². The van der Waals surface area contributed by atoms with Crippen LogP contribution in [0.4, 0.5) is 0 Å². The molecule has 4 aromatic carbocycles. The Labute approximate surface area is 433 Å². The number of aryl methyl sites for hydroxylation is 2. The molecule has 5 heteroatoms. The number of rotatable bonds is 9. The van der Waals surface area contributed by atoms with Crippen LogP contribution in [0.25, 0.3) is 44.8 Å². The number of hydrogen-bond acceptors (Lipinski definition) is 4. The summed E-state index contributed by atoms with van der Waals surface area (Å²) in [7, 11) is 1.75. The smallest absolute Gasteiger partial charge is 0.127 e. The van der Waals surface area contributed by atoms with Gasteiger partial charge in [0.25, 0.3) is 0 Å². The summed E-state index contributed by atoms with van der Waals surface area (Å²) < 4.78 is 6.20. The Morgan fingerprint density at radius 3 is 1.04 bits per heavy atom. The summed E-state index contributed by atoms with van der Waals surface area (Å²) >= 11 is 0. The van der Waals surface area contributed by atoms with Crippen LogP contribution in [0.3, 0.4) is 0 Å². The first-order valence-corrected chi connectivity index (χ1v) is 26.3. The summed E-state index contributed by atoms with van der Waals surface area (Å²) in [6.45, 7) is 28.6. The van der Waals surface area contributed by atoms with E-state index >= 15 is 0 Å². The van der Waals surface area contributed by atoms with Gasteiger partial charge in [0, 0.05) is 82.2 Å². The Hall–Kier alpha value is -3.70. The predicted octanol–water partition coefficient (Wildman–Crippen LogP) is 17.3. The van der Waals surface area contributed by atoms with E-state index in [1.165, 1.54) is 60.8 Å². The van der Waals surface area contributed by atoms with Crippen LogP contribution in [0.2, 0.25) is 0 Å². The molecule has 8 saturated carbocycles. The number of methoxy groups -OCH3 is 1. The molecule has 1 heterocycles. The van der Waals surface area contributed by atoms with Gasteiger partial charge in [-0.15, -0.1) is 0 Å². The van der Waals surface area contributed by atoms with Crippen molar-refractivity contribution in [1.29, 1.82) is 0 Å². The summed E-state index contributed by atoms with van der Waals surface area (Å²) in [6.07, 6.45) is 14.5. The molecule has 8 fully saturated rings. The van der Waals surface area contributed by atoms with E-state index in [2.05, 4.69) is 156 Å². The van der Waals surface area contributed by atoms with Crippen LogP contribution in [0, 0.1) is 46.3 Å². The van der Waals surface area contributed by atoms with Crippen molar-refractivity contribution in [3.05, 3.63) is 106 Å². The van der Waals surface area contributed by atoms with E-state index in [1.54, 1.807) is 7.11 Å². The van der Waals surface area contributed by atoms with E-state index in [1.807, 2.05) is 0 Å². The Kier molecular flexibility index (Phi) is 11.3. The normalized spacial score (nSPS) is 33.9. The van der Waals surface area contributed by atoms with Crippen LogP contribution < -0.4 is 4.74 Å². The number of benzene rings is 4. The molecule has 8 bridgehead atoms. The molecule has 8 aliphatic carbocycles. The summed E-state index contributed by atoms with van der Waals surface area (Å²) in [5.74, 6) is 2.17. The van der Waals surface area contributed by atoms with Gasteiger partial charge in [0.05, 0.1) is 18.5 Å². The zero-order valence-corrected chi connectivity index (χ0v) is 47.9. The SMILES string of the molecule is COc1cc(-c2cc(C(C)C)ccc2-c2cc(C)cc(C34CC5(C)CC(C)(CC(C)(C5)C3)C4)c2O)nc(-c2cc(C(C)C)ccc2-c2cc(C)cc(C34CC5(C)CC(C)(CC(C)(C5)C3)C4)c2O)c1.[Hf]. The van der Waals surface area contributed by atoms with Gasteiger partial charge in [-0.25, -0.2) is 4.98 Å². The number of hydrogen-bond donors (Lipinski definition) is 2. The van der Waals surface area contributed by atoms with Crippen molar-refractivity contribution < 1.29 is 40.8 Å². The molecule has 0 radical (unpaired) electrons. The van der Waals surface area contributed by atoms with Gasteiger partial charge < -0.3 is 14.9 Å². The van der Waals surface area contributed by atoms with Gasteiger partial charge in [-0.2, -0.15) is 0 Å². The standard InChI is InChI=1S/C64H79NO3.Hf/c1-38(2)42-14-16-45(49-18-40(5)20-51(55(49)66)63-32-57(7)26-58(8,33-63)28-59(9,27-57)34-63)47(22-42)53-24-44(68-13)25-54(65-53)48-23-43(39(3)4)15-17-46(48)50-19-41(6)21-52(56(50)67)64-35-60(10)29-61(11,36-64)31-62(12,30-60)37-64;/h14-25,38-39,66-67H,26-37H2,1-13H3;. The maximum Gasteiger partial charge on any atom is 0.127 e. The second-order valence-electron chi connectivity index (χ2n) is 27.7. The van der Waals surface area contributed by atoms with E-state index in [9.17, 15) is 10.2 Å². The van der Waals surface area contributed by atoms with Crippen LogP contribution in [0.5, 0.6) is 17.2 Å². The number of phenolic OH excluding ortho intramolecular Hbond substituents is 2. The predicted molar refractivity (Wildman–Crippen MR) is 281 cm³/mol. The molecule has 1 aromatic heterocycles. The van der Waals surface area contributed by atoms with Gasteiger partial charge in [-0.3, -0.25) is 0 Å². The third-order valence-electron chi connectivity index (χ3n) is 19.0. The van der Waals surface area contributed by atoms with E-state index in [4.69, 9.17) is 9.72 Å². The molecule has 0 atom stereocenters. The maximum absolute atomic E-state index is 12.9. The van der Waals surface area contributed by atoms with Crippen LogP contribution in [0.1, 0.15) is 192 Å². The Bertz CT molecular complexity index is 2620. The topological polar surface area (TPSA) is 62.6 Å². The zero-order chi connectivity index (χ0) is 48.4. The molecule has 8 aliphatic rings. The van der Waals surface area contributed by atoms with Gasteiger partial charge in [-0.1, -0.05) is 106 Å². The number of pyridine rings is 1. The van der Waals surface area contributed by atoms with E-state index in [0.29, 0.717) is 23.3 Å². The molecule has 13 rings (SSSR count). The summed E-state index contributed by atoms with van der Waals surface area (Å²) in [6, 6.07) is 26.8. The first-order chi connectivity index (χ1) is 31.8. The first-order valence-electron chi connectivity index (χ1n) is 26.3. The molecule has 69 heavy (non-hydrogen) atoms. The zero-order valence-electron chi connectivity index (χ0n) is 44.3. The number of phenols is 2. The molecular weight excluding hydrogens is 1010 g/mol. The summed E-state index contributed by atoms with van der Waals surface area (Å²) in [5, 5.41) is 25.8. The van der Waals surface area contributed by atoms with Crippen molar-refractivity contribution in [2.45, 2.75) is 183 Å². The van der Waals surface area contributed by atoms with E-state index in [0.717, 1.165) is 100 Å². The molecule has 362 valence electrons. The molecular formula is C64H79HfNO3. The molecule has 4 nitrogen and oxygen atoms in total. The molecule has 0 unspecified atom stereocenters. The van der Waals surface area contributed by atoms with Gasteiger partial charge in [0.15, 0.2) is 0 Å². The fraction of sp³-hybridized carbons (Fsp3) is 0.547. The van der Waals surface area contributed by atoms with Crippen molar-refractivity contribution in [2.75, 3.05) is 7.11 Å². The van der Waals surface area contributed by atoms with Crippen molar-refractivity contribution >= 4 is 0 Å². The molecule has 0 aliphatic heterocycles. The Balaban J connectivity index is 0.00000553. The third-order valence-corrected chi connectivity index (χ3v) is 19.0. The van der Waals surface area contributed by atoms with Crippen LogP contribution >= 0.6 is 0 Å². The van der Waals surface area contributed by atoms with Crippen molar-refractivity contribution in [3.8, 4) is 62.0 Å². The third kappa shape index (κ3) is 8.03. The molecule has 5 aromatic rings. The minimum atomic E-state index is -0.0557. The minimum Gasteiger partial charge on any atom is -0.507 e. The average molecular weight is 1090 g/mol. The van der Waals surface area contributed by atoms with E-state index in [-0.39, 0.29) is 69.2 Å². The van der Waals surface area contributed by atoms with Gasteiger partial charge in [0.1, 0.15) is 17.2 Å². The minimum absolute atomic E-state index is 0. The quantitative estimate of drug-likeness (QED) is 0.144. The number of ether oxygens (including phenoxy) is 1. The summed E-state index contributed by atoms with van der Waals surface area (Å²) in [5.41, 5.74) is 16.0. The fourth-order valence-electron chi connectivity index (χ4n) is 19.6. The molecule has 0 saturated heterocycles. The fourth-order valence-corrected chi connectivity index (χ4v) is 19.6. The average Bonchev–Trinajstić information content (AvgIpc) is 3.21. The van der Waals surface area contributed by atoms with E-state index < -0.39 is 0 Å². The Morgan fingerprint density at radius 1 is 0.435 bits per heavy atom. The van der Waals surface area contributed by atoms with Gasteiger partial charge in [-0.05, 0) is 193 Å². The maximum atomic E-state index is 12.9. The molecule has 0 spiro atoms. The first kappa shape index (κ1) is 48.9. The van der Waals surface area contributed by atoms with Crippen molar-refractivity contribution in [1.82, 2.24) is 4.98 Å². The molecule has 0 amide bonds. The largest absolute Gasteiger partial charge is 0.507 e. The van der Waals surface area contributed by atoms with Gasteiger partial charge >= 0.3 is 0 Å². The Morgan fingerprint density at radius 2 is 0.754 bits per heavy atom.